The number of rotatable bonds is 11. The summed E-state index contributed by atoms with van der Waals surface area (Å²) in [7, 11) is 1.28. The molecule has 0 bridgehead atoms. The van der Waals surface area contributed by atoms with Crippen LogP contribution in [-0.2, 0) is 28.6 Å². The average molecular weight is 500 g/mol. The molecule has 1 aliphatic carbocycles. The molecule has 0 amide bonds. The predicted molar refractivity (Wildman–Crippen MR) is 134 cm³/mol. The molecule has 1 aliphatic heterocycles. The van der Waals surface area contributed by atoms with Crippen molar-refractivity contribution in [2.75, 3.05) is 33.5 Å². The van der Waals surface area contributed by atoms with Gasteiger partial charge in [-0.15, -0.1) is 0 Å². The fraction of sp³-hybridized carbons (Fsp3) is 0.536. The summed E-state index contributed by atoms with van der Waals surface area (Å²) in [6, 6.07) is 7.37. The van der Waals surface area contributed by atoms with E-state index in [9.17, 15) is 14.4 Å². The van der Waals surface area contributed by atoms with Crippen LogP contribution in [0.15, 0.2) is 46.8 Å². The van der Waals surface area contributed by atoms with Gasteiger partial charge in [-0.2, -0.15) is 0 Å². The summed E-state index contributed by atoms with van der Waals surface area (Å²) < 4.78 is 21.6. The maximum atomic E-state index is 13.8. The van der Waals surface area contributed by atoms with Gasteiger partial charge in [0.1, 0.15) is 18.3 Å². The molecule has 1 N–H and O–H groups in total. The molecule has 3 atom stereocenters. The molecule has 2 aliphatic rings. The van der Waals surface area contributed by atoms with Gasteiger partial charge in [0.05, 0.1) is 25.9 Å². The lowest BCUT2D eigenvalue weighted by atomic mass is 9.69. The Kier molecular flexibility index (Phi) is 9.70. The first-order valence-electron chi connectivity index (χ1n) is 12.6. The Morgan fingerprint density at radius 2 is 1.72 bits per heavy atom. The SMILES string of the molecule is CCCOCCOC(=O)C1=C(C)NC2=C(C(=O)C(C(=O)OC)C(C)C2)C1c1ccc(OCCC)cc1. The highest BCUT2D eigenvalue weighted by molar-refractivity contribution is 6.12. The molecular weight excluding hydrogens is 462 g/mol. The zero-order valence-corrected chi connectivity index (χ0v) is 21.8. The van der Waals surface area contributed by atoms with E-state index in [1.807, 2.05) is 45.0 Å². The number of methoxy groups -OCH3 is 1. The van der Waals surface area contributed by atoms with Crippen LogP contribution in [0.3, 0.4) is 0 Å². The lowest BCUT2D eigenvalue weighted by molar-refractivity contribution is -0.151. The third-order valence-electron chi connectivity index (χ3n) is 6.46. The third kappa shape index (κ3) is 5.98. The Hall–Kier alpha value is -3.13. The van der Waals surface area contributed by atoms with Crippen molar-refractivity contribution in [2.45, 2.75) is 52.9 Å². The maximum absolute atomic E-state index is 13.8. The van der Waals surface area contributed by atoms with E-state index in [0.29, 0.717) is 48.8 Å². The number of nitrogens with one attached hydrogen (secondary N) is 1. The number of allylic oxidation sites excluding steroid dienone is 3. The lowest BCUT2D eigenvalue weighted by Crippen LogP contribution is -2.43. The zero-order chi connectivity index (χ0) is 26.2. The number of hydrogen-bond acceptors (Lipinski definition) is 8. The predicted octanol–water partition coefficient (Wildman–Crippen LogP) is 4.06. The molecule has 0 saturated carbocycles. The minimum absolute atomic E-state index is 0.105. The minimum Gasteiger partial charge on any atom is -0.494 e. The summed E-state index contributed by atoms with van der Waals surface area (Å²) in [6.07, 6.45) is 2.24. The number of Topliss-reactive ketones (excluding diaryl/α,β-unsaturated/α-hetero) is 1. The van der Waals surface area contributed by atoms with Gasteiger partial charge in [0.2, 0.25) is 0 Å². The van der Waals surface area contributed by atoms with Gasteiger partial charge in [0, 0.05) is 29.5 Å². The molecule has 196 valence electrons. The summed E-state index contributed by atoms with van der Waals surface area (Å²) in [5.41, 5.74) is 2.85. The quantitative estimate of drug-likeness (QED) is 0.276. The Bertz CT molecular complexity index is 1020. The topological polar surface area (TPSA) is 100 Å². The standard InChI is InChI=1S/C28H37NO7/c1-6-12-34-14-15-36-28(32)23-18(4)29-21-16-17(3)22(27(31)33-5)26(30)25(21)24(23)19-8-10-20(11-9-19)35-13-7-2/h8-11,17,22,24,29H,6-7,12-16H2,1-5H3. The van der Waals surface area contributed by atoms with Crippen LogP contribution >= 0.6 is 0 Å². The largest absolute Gasteiger partial charge is 0.494 e. The van der Waals surface area contributed by atoms with Crippen molar-refractivity contribution < 1.29 is 33.3 Å². The van der Waals surface area contributed by atoms with E-state index in [1.165, 1.54) is 7.11 Å². The molecular formula is C28H37NO7. The second-order valence-corrected chi connectivity index (χ2v) is 9.20. The van der Waals surface area contributed by atoms with Gasteiger partial charge in [-0.05, 0) is 49.8 Å². The summed E-state index contributed by atoms with van der Waals surface area (Å²) in [5.74, 6) is -2.56. The van der Waals surface area contributed by atoms with Crippen LogP contribution < -0.4 is 10.1 Å². The number of carbonyl (C=O) groups is 3. The number of hydrogen-bond donors (Lipinski definition) is 1. The molecule has 8 heteroatoms. The molecule has 1 aromatic carbocycles. The van der Waals surface area contributed by atoms with Crippen molar-refractivity contribution in [3.05, 3.63) is 52.4 Å². The summed E-state index contributed by atoms with van der Waals surface area (Å²) in [5, 5.41) is 3.27. The van der Waals surface area contributed by atoms with Crippen LogP contribution in [-0.4, -0.2) is 51.3 Å². The van der Waals surface area contributed by atoms with Crippen molar-refractivity contribution >= 4 is 17.7 Å². The molecule has 1 heterocycles. The number of ketones is 1. The lowest BCUT2D eigenvalue weighted by Gasteiger charge is -2.38. The van der Waals surface area contributed by atoms with Crippen LogP contribution in [0.5, 0.6) is 5.75 Å². The highest BCUT2D eigenvalue weighted by Gasteiger charge is 2.47. The molecule has 3 unspecified atom stereocenters. The number of benzene rings is 1. The first kappa shape index (κ1) is 27.5. The minimum atomic E-state index is -0.927. The van der Waals surface area contributed by atoms with Crippen molar-refractivity contribution in [2.24, 2.45) is 11.8 Å². The summed E-state index contributed by atoms with van der Waals surface area (Å²) in [4.78, 5) is 39.6. The second kappa shape index (κ2) is 12.7. The number of carbonyl (C=O) groups excluding carboxylic acids is 3. The maximum Gasteiger partial charge on any atom is 0.336 e. The van der Waals surface area contributed by atoms with E-state index in [-0.39, 0.29) is 18.3 Å². The third-order valence-corrected chi connectivity index (χ3v) is 6.46. The molecule has 0 aromatic heterocycles. The van der Waals surface area contributed by atoms with E-state index >= 15 is 0 Å². The van der Waals surface area contributed by atoms with Gasteiger partial charge in [-0.25, -0.2) is 4.79 Å². The molecule has 0 saturated heterocycles. The summed E-state index contributed by atoms with van der Waals surface area (Å²) in [6.45, 7) is 9.29. The van der Waals surface area contributed by atoms with Crippen molar-refractivity contribution in [1.29, 1.82) is 0 Å². The fourth-order valence-electron chi connectivity index (χ4n) is 4.78. The van der Waals surface area contributed by atoms with E-state index < -0.39 is 23.8 Å². The van der Waals surface area contributed by atoms with Gasteiger partial charge >= 0.3 is 11.9 Å². The summed E-state index contributed by atoms with van der Waals surface area (Å²) >= 11 is 0. The number of ether oxygens (including phenoxy) is 4. The van der Waals surface area contributed by atoms with Crippen molar-refractivity contribution in [3.8, 4) is 5.75 Å². The highest BCUT2D eigenvalue weighted by Crippen LogP contribution is 2.45. The van der Waals surface area contributed by atoms with E-state index in [1.54, 1.807) is 6.92 Å². The van der Waals surface area contributed by atoms with Crippen LogP contribution in [0.2, 0.25) is 0 Å². The molecule has 1 aromatic rings. The Morgan fingerprint density at radius 1 is 1.03 bits per heavy atom. The van der Waals surface area contributed by atoms with Crippen LogP contribution in [0.1, 0.15) is 58.4 Å². The van der Waals surface area contributed by atoms with Crippen LogP contribution in [0.25, 0.3) is 0 Å². The van der Waals surface area contributed by atoms with E-state index in [2.05, 4.69) is 5.32 Å². The van der Waals surface area contributed by atoms with E-state index in [0.717, 1.165) is 24.1 Å². The monoisotopic (exact) mass is 499 g/mol. The number of esters is 2. The first-order chi connectivity index (χ1) is 17.3. The van der Waals surface area contributed by atoms with Gasteiger partial charge in [-0.1, -0.05) is 32.9 Å². The zero-order valence-electron chi connectivity index (χ0n) is 21.8. The van der Waals surface area contributed by atoms with Crippen molar-refractivity contribution in [3.63, 3.8) is 0 Å². The average Bonchev–Trinajstić information content (AvgIpc) is 2.86. The van der Waals surface area contributed by atoms with Gasteiger partial charge in [0.15, 0.2) is 5.78 Å². The number of dihydropyridines is 1. The Labute approximate surface area is 213 Å². The van der Waals surface area contributed by atoms with Crippen molar-refractivity contribution in [1.82, 2.24) is 5.32 Å². The smallest absolute Gasteiger partial charge is 0.336 e. The fourth-order valence-corrected chi connectivity index (χ4v) is 4.78. The molecule has 8 nitrogen and oxygen atoms in total. The van der Waals surface area contributed by atoms with E-state index in [4.69, 9.17) is 18.9 Å². The van der Waals surface area contributed by atoms with Crippen LogP contribution in [0.4, 0.5) is 0 Å². The van der Waals surface area contributed by atoms with Gasteiger partial charge in [-0.3, -0.25) is 9.59 Å². The normalized spacial score (nSPS) is 21.6. The Morgan fingerprint density at radius 3 is 2.36 bits per heavy atom. The second-order valence-electron chi connectivity index (χ2n) is 9.20. The molecule has 3 rings (SSSR count). The molecule has 0 fully saturated rings. The molecule has 0 spiro atoms. The van der Waals surface area contributed by atoms with Crippen LogP contribution in [0, 0.1) is 11.8 Å². The highest BCUT2D eigenvalue weighted by atomic mass is 16.6. The Balaban J connectivity index is 2.00. The molecule has 0 radical (unpaired) electrons. The van der Waals surface area contributed by atoms with Gasteiger partial charge < -0.3 is 24.3 Å². The first-order valence-corrected chi connectivity index (χ1v) is 12.6. The molecule has 36 heavy (non-hydrogen) atoms. The van der Waals surface area contributed by atoms with Gasteiger partial charge in [0.25, 0.3) is 0 Å².